The van der Waals surface area contributed by atoms with Gasteiger partial charge in [0.05, 0.1) is 6.04 Å². The highest BCUT2D eigenvalue weighted by Crippen LogP contribution is 2.42. The molecule has 1 aromatic carbocycles. The largest absolute Gasteiger partial charge is 0.484 e. The molecule has 0 saturated carbocycles. The molecule has 114 valence electrons. The van der Waals surface area contributed by atoms with Crippen LogP contribution in [0.5, 0.6) is 5.75 Å². The van der Waals surface area contributed by atoms with Gasteiger partial charge in [-0.05, 0) is 18.9 Å². The Morgan fingerprint density at radius 1 is 1.25 bits per heavy atom. The van der Waals surface area contributed by atoms with Gasteiger partial charge in [-0.15, -0.1) is 12.4 Å². The van der Waals surface area contributed by atoms with Crippen LogP contribution in [0, 0.1) is 0 Å². The van der Waals surface area contributed by atoms with Crippen molar-refractivity contribution in [3.8, 4) is 5.75 Å². The van der Waals surface area contributed by atoms with E-state index in [1.54, 1.807) is 0 Å². The van der Waals surface area contributed by atoms with E-state index in [2.05, 4.69) is 33.0 Å². The fourth-order valence-electron chi connectivity index (χ4n) is 2.94. The molecule has 2 atom stereocenters. The van der Waals surface area contributed by atoms with Gasteiger partial charge < -0.3 is 15.2 Å². The first kappa shape index (κ1) is 17.3. The molecule has 0 aliphatic carbocycles. The maximum Gasteiger partial charge on any atom is 0.136 e. The first-order chi connectivity index (χ1) is 9.04. The topological polar surface area (TPSA) is 41.5 Å². The van der Waals surface area contributed by atoms with Crippen molar-refractivity contribution in [2.75, 3.05) is 0 Å². The van der Waals surface area contributed by atoms with Crippen molar-refractivity contribution in [1.29, 1.82) is 0 Å². The van der Waals surface area contributed by atoms with Gasteiger partial charge >= 0.3 is 0 Å². The lowest BCUT2D eigenvalue weighted by molar-refractivity contribution is -0.0932. The molecule has 2 rings (SSSR count). The van der Waals surface area contributed by atoms with Gasteiger partial charge in [-0.25, -0.2) is 0 Å². The van der Waals surface area contributed by atoms with Crippen LogP contribution in [0.1, 0.15) is 52.1 Å². The smallest absolute Gasteiger partial charge is 0.136 e. The van der Waals surface area contributed by atoms with Gasteiger partial charge in [0.15, 0.2) is 0 Å². The third-order valence-corrected chi connectivity index (χ3v) is 4.13. The average Bonchev–Trinajstić information content (AvgIpc) is 2.41. The van der Waals surface area contributed by atoms with Crippen molar-refractivity contribution < 1.29 is 9.84 Å². The Morgan fingerprint density at radius 2 is 1.85 bits per heavy atom. The highest BCUT2D eigenvalue weighted by molar-refractivity contribution is 5.85. The van der Waals surface area contributed by atoms with Crippen LogP contribution >= 0.6 is 12.4 Å². The normalized spacial score (nSPS) is 23.7. The van der Waals surface area contributed by atoms with Crippen LogP contribution in [0.3, 0.4) is 0 Å². The Bertz CT molecular complexity index is 432. The summed E-state index contributed by atoms with van der Waals surface area (Å²) in [5.74, 6) is 0.898. The quantitative estimate of drug-likeness (QED) is 0.894. The number of aliphatic hydroxyl groups excluding tert-OH is 1. The van der Waals surface area contributed by atoms with E-state index in [1.165, 1.54) is 0 Å². The maximum atomic E-state index is 10.8. The van der Waals surface area contributed by atoms with Crippen LogP contribution in [0.15, 0.2) is 24.3 Å². The van der Waals surface area contributed by atoms with Crippen molar-refractivity contribution in [2.24, 2.45) is 0 Å². The summed E-state index contributed by atoms with van der Waals surface area (Å²) in [6.07, 6.45) is 1.07. The second kappa shape index (κ2) is 6.79. The number of ether oxygens (including phenoxy) is 1. The molecule has 1 aliphatic rings. The lowest BCUT2D eigenvalue weighted by Gasteiger charge is -2.46. The minimum Gasteiger partial charge on any atom is -0.484 e. The Hall–Kier alpha value is -0.770. The van der Waals surface area contributed by atoms with E-state index in [9.17, 15) is 5.11 Å². The molecule has 0 spiro atoms. The number of hydrogen-bond donors (Lipinski definition) is 2. The third-order valence-electron chi connectivity index (χ3n) is 4.13. The maximum absolute atomic E-state index is 10.8. The summed E-state index contributed by atoms with van der Waals surface area (Å²) in [4.78, 5) is 0. The summed E-state index contributed by atoms with van der Waals surface area (Å²) >= 11 is 0. The van der Waals surface area contributed by atoms with Crippen LogP contribution in [0.4, 0.5) is 0 Å². The first-order valence-electron chi connectivity index (χ1n) is 7.26. The summed E-state index contributed by atoms with van der Waals surface area (Å²) in [6, 6.07) is 8.26. The van der Waals surface area contributed by atoms with Crippen LogP contribution in [0.2, 0.25) is 0 Å². The second-order valence-electron chi connectivity index (χ2n) is 5.66. The van der Waals surface area contributed by atoms with E-state index in [1.807, 2.05) is 24.3 Å². The molecule has 2 N–H and O–H groups in total. The Morgan fingerprint density at radius 3 is 2.40 bits per heavy atom. The van der Waals surface area contributed by atoms with Crippen molar-refractivity contribution in [3.63, 3.8) is 0 Å². The molecule has 0 radical (unpaired) electrons. The number of nitrogens with one attached hydrogen (secondary N) is 1. The molecule has 0 saturated heterocycles. The van der Waals surface area contributed by atoms with Crippen LogP contribution in [-0.2, 0) is 0 Å². The number of rotatable bonds is 4. The summed E-state index contributed by atoms with van der Waals surface area (Å²) in [6.45, 7) is 8.36. The van der Waals surface area contributed by atoms with Crippen molar-refractivity contribution in [1.82, 2.24) is 5.32 Å². The zero-order chi connectivity index (χ0) is 14.0. The fraction of sp³-hybridized carbons (Fsp3) is 0.625. The van der Waals surface area contributed by atoms with Gasteiger partial charge in [0.25, 0.3) is 0 Å². The summed E-state index contributed by atoms with van der Waals surface area (Å²) in [7, 11) is 0. The van der Waals surface area contributed by atoms with Gasteiger partial charge in [0.1, 0.15) is 17.5 Å². The highest BCUT2D eigenvalue weighted by Gasteiger charge is 2.46. The molecule has 0 bridgehead atoms. The van der Waals surface area contributed by atoms with Crippen LogP contribution < -0.4 is 10.1 Å². The molecule has 1 aliphatic heterocycles. The van der Waals surface area contributed by atoms with Gasteiger partial charge in [-0.1, -0.05) is 45.9 Å². The van der Waals surface area contributed by atoms with Crippen molar-refractivity contribution >= 4 is 12.4 Å². The highest BCUT2D eigenvalue weighted by atomic mass is 35.5. The SMILES string of the molecule is CCC1(CC)Oc2ccccc2[C@H](NC(C)C)[C@H]1O.Cl. The predicted octanol–water partition coefficient (Wildman–Crippen LogP) is 3.46. The van der Waals surface area contributed by atoms with Gasteiger partial charge in [0.2, 0.25) is 0 Å². The summed E-state index contributed by atoms with van der Waals surface area (Å²) in [5.41, 5.74) is 0.571. The lowest BCUT2D eigenvalue weighted by atomic mass is 9.80. The monoisotopic (exact) mass is 299 g/mol. The molecule has 1 aromatic rings. The standard InChI is InChI=1S/C16H25NO2.ClH/c1-5-16(6-2)15(18)14(17-11(3)4)12-9-7-8-10-13(12)19-16;/h7-11,14-15,17-18H,5-6H2,1-4H3;1H/t14-,15+;/m0./s1. The molecule has 0 amide bonds. The number of benzene rings is 1. The van der Waals surface area contributed by atoms with Crippen LogP contribution in [0.25, 0.3) is 0 Å². The van der Waals surface area contributed by atoms with Crippen molar-refractivity contribution in [2.45, 2.75) is 64.3 Å². The summed E-state index contributed by atoms with van der Waals surface area (Å²) < 4.78 is 6.15. The second-order valence-corrected chi connectivity index (χ2v) is 5.66. The van der Waals surface area contributed by atoms with Gasteiger partial charge in [-0.3, -0.25) is 0 Å². The van der Waals surface area contributed by atoms with Gasteiger partial charge in [0, 0.05) is 11.6 Å². The molecule has 0 fully saturated rings. The molecule has 1 heterocycles. The minimum atomic E-state index is -0.528. The van der Waals surface area contributed by atoms with E-state index in [-0.39, 0.29) is 18.4 Å². The lowest BCUT2D eigenvalue weighted by Crippen LogP contribution is -2.56. The van der Waals surface area contributed by atoms with E-state index in [0.717, 1.165) is 24.2 Å². The van der Waals surface area contributed by atoms with E-state index in [4.69, 9.17) is 4.74 Å². The average molecular weight is 300 g/mol. The Labute approximate surface area is 128 Å². The van der Waals surface area contributed by atoms with E-state index < -0.39 is 11.7 Å². The Balaban J connectivity index is 0.00000200. The number of fused-ring (bicyclic) bond motifs is 1. The number of aliphatic hydroxyl groups is 1. The third kappa shape index (κ3) is 2.95. The molecule has 20 heavy (non-hydrogen) atoms. The van der Waals surface area contributed by atoms with Gasteiger partial charge in [-0.2, -0.15) is 0 Å². The van der Waals surface area contributed by atoms with E-state index >= 15 is 0 Å². The number of para-hydroxylation sites is 1. The number of halogens is 1. The molecule has 4 heteroatoms. The molecule has 0 aromatic heterocycles. The first-order valence-corrected chi connectivity index (χ1v) is 7.26. The fourth-order valence-corrected chi connectivity index (χ4v) is 2.94. The Kier molecular flexibility index (Phi) is 5.87. The molecule has 0 unspecified atom stereocenters. The summed E-state index contributed by atoms with van der Waals surface area (Å²) in [5, 5.41) is 14.3. The molecule has 3 nitrogen and oxygen atoms in total. The minimum absolute atomic E-state index is 0. The van der Waals surface area contributed by atoms with E-state index in [0.29, 0.717) is 6.04 Å². The van der Waals surface area contributed by atoms with Crippen molar-refractivity contribution in [3.05, 3.63) is 29.8 Å². The zero-order valence-electron chi connectivity index (χ0n) is 12.7. The molecular formula is C16H26ClNO2. The predicted molar refractivity (Wildman–Crippen MR) is 84.7 cm³/mol. The zero-order valence-corrected chi connectivity index (χ0v) is 13.5. The molecular weight excluding hydrogens is 274 g/mol. The number of hydrogen-bond acceptors (Lipinski definition) is 3. The van der Waals surface area contributed by atoms with Crippen LogP contribution in [-0.4, -0.2) is 22.9 Å².